The van der Waals surface area contributed by atoms with Crippen molar-refractivity contribution in [1.29, 1.82) is 5.26 Å². The smallest absolute Gasteiger partial charge is 0.410 e. The molecule has 3 aliphatic heterocycles. The average Bonchev–Trinajstić information content (AvgIpc) is 3.34. The molecule has 1 aromatic carbocycles. The van der Waals surface area contributed by atoms with Crippen LogP contribution in [0, 0.1) is 11.3 Å². The number of amides is 2. The normalized spacial score (nSPS) is 22.0. The lowest BCUT2D eigenvalue weighted by molar-refractivity contribution is 0.0144. The number of rotatable bonds is 7. The number of nitriles is 1. The van der Waals surface area contributed by atoms with Crippen LogP contribution in [0.3, 0.4) is 0 Å². The minimum atomic E-state index is -0.905. The molecule has 0 bridgehead atoms. The van der Waals surface area contributed by atoms with E-state index in [4.69, 9.17) is 24.2 Å². The van der Waals surface area contributed by atoms with Crippen LogP contribution in [-0.4, -0.2) is 107 Å². The maximum Gasteiger partial charge on any atom is 0.410 e. The second kappa shape index (κ2) is 13.9. The van der Waals surface area contributed by atoms with Gasteiger partial charge in [-0.2, -0.15) is 15.2 Å². The second-order valence-electron chi connectivity index (χ2n) is 12.8. The number of hydrogen-bond donors (Lipinski definition) is 0. The van der Waals surface area contributed by atoms with Crippen molar-refractivity contribution in [2.24, 2.45) is 0 Å². The van der Waals surface area contributed by atoms with Crippen molar-refractivity contribution in [3.05, 3.63) is 47.2 Å². The maximum absolute atomic E-state index is 14.0. The zero-order valence-electron chi connectivity index (χ0n) is 26.4. The Morgan fingerprint density at radius 3 is 2.53 bits per heavy atom. The number of halogens is 1. The summed E-state index contributed by atoms with van der Waals surface area (Å²) in [5.41, 5.74) is 1.77. The Morgan fingerprint density at radius 1 is 1.07 bits per heavy atom. The SMILES string of the molecule is CN1C[C@H](F)C[C@@H]1COc1nc2c(c(N3CCN(C(=O)OC(C)(C)C)[C@@H](CC#N)C3)n1)CCN(C(=O)OCc1ccccc1)C2. The maximum atomic E-state index is 14.0. The summed E-state index contributed by atoms with van der Waals surface area (Å²) in [6.07, 6.45) is -0.794. The molecule has 0 unspecified atom stereocenters. The van der Waals surface area contributed by atoms with E-state index in [2.05, 4.69) is 11.0 Å². The fourth-order valence-corrected chi connectivity index (χ4v) is 5.95. The Kier molecular flexibility index (Phi) is 9.92. The lowest BCUT2D eigenvalue weighted by Crippen LogP contribution is -2.56. The number of anilines is 1. The summed E-state index contributed by atoms with van der Waals surface area (Å²) < 4.78 is 31.3. The van der Waals surface area contributed by atoms with Gasteiger partial charge in [0.25, 0.3) is 0 Å². The molecule has 242 valence electrons. The molecule has 0 radical (unpaired) electrons. The predicted molar refractivity (Wildman–Crippen MR) is 163 cm³/mol. The van der Waals surface area contributed by atoms with Gasteiger partial charge in [0, 0.05) is 44.3 Å². The molecule has 2 aromatic rings. The molecule has 3 aliphatic rings. The van der Waals surface area contributed by atoms with Gasteiger partial charge >= 0.3 is 18.2 Å². The van der Waals surface area contributed by atoms with Gasteiger partial charge in [0.05, 0.1) is 30.8 Å². The number of carbonyl (C=O) groups is 2. The zero-order valence-corrected chi connectivity index (χ0v) is 26.4. The average molecular weight is 624 g/mol. The molecule has 1 aromatic heterocycles. The monoisotopic (exact) mass is 623 g/mol. The van der Waals surface area contributed by atoms with Gasteiger partial charge < -0.3 is 28.9 Å². The van der Waals surface area contributed by atoms with Crippen LogP contribution in [0.1, 0.15) is 50.4 Å². The minimum absolute atomic E-state index is 0.107. The van der Waals surface area contributed by atoms with Crippen LogP contribution in [0.5, 0.6) is 6.01 Å². The third kappa shape index (κ3) is 8.11. The number of alkyl halides is 1. The molecule has 0 spiro atoms. The van der Waals surface area contributed by atoms with E-state index in [9.17, 15) is 19.2 Å². The van der Waals surface area contributed by atoms with Crippen LogP contribution in [0.15, 0.2) is 30.3 Å². The molecule has 13 heteroatoms. The molecule has 2 saturated heterocycles. The van der Waals surface area contributed by atoms with Crippen LogP contribution >= 0.6 is 0 Å². The second-order valence-corrected chi connectivity index (χ2v) is 12.8. The molecular weight excluding hydrogens is 581 g/mol. The van der Waals surface area contributed by atoms with Crippen LogP contribution in [-0.2, 0) is 29.0 Å². The summed E-state index contributed by atoms with van der Waals surface area (Å²) in [4.78, 5) is 42.7. The summed E-state index contributed by atoms with van der Waals surface area (Å²) in [5.74, 6) is 0.655. The quantitative estimate of drug-likeness (QED) is 0.448. The Bertz CT molecular complexity index is 1400. The molecule has 45 heavy (non-hydrogen) atoms. The minimum Gasteiger partial charge on any atom is -0.462 e. The highest BCUT2D eigenvalue weighted by atomic mass is 19.1. The number of likely N-dealkylation sites (N-methyl/N-ethyl adjacent to an activating group) is 1. The van der Waals surface area contributed by atoms with Gasteiger partial charge in [0.1, 0.15) is 30.8 Å². The van der Waals surface area contributed by atoms with E-state index >= 15 is 0 Å². The van der Waals surface area contributed by atoms with Crippen LogP contribution in [0.4, 0.5) is 19.8 Å². The lowest BCUT2D eigenvalue weighted by atomic mass is 10.0. The number of hydrogen-bond acceptors (Lipinski definition) is 10. The molecule has 0 saturated carbocycles. The Morgan fingerprint density at radius 2 is 1.84 bits per heavy atom. The topological polar surface area (TPSA) is 124 Å². The highest BCUT2D eigenvalue weighted by molar-refractivity contribution is 5.70. The summed E-state index contributed by atoms with van der Waals surface area (Å²) in [6.45, 7) is 7.99. The fourth-order valence-electron chi connectivity index (χ4n) is 5.95. The number of aromatic nitrogens is 2. The first-order chi connectivity index (χ1) is 21.5. The van der Waals surface area contributed by atoms with Crippen LogP contribution in [0.2, 0.25) is 0 Å². The Labute approximate surface area is 263 Å². The van der Waals surface area contributed by atoms with Crippen molar-refractivity contribution in [1.82, 2.24) is 24.7 Å². The third-order valence-electron chi connectivity index (χ3n) is 8.27. The van der Waals surface area contributed by atoms with Gasteiger partial charge in [-0.25, -0.2) is 14.0 Å². The third-order valence-corrected chi connectivity index (χ3v) is 8.27. The number of likely N-dealkylation sites (tertiary alicyclic amines) is 1. The van der Waals surface area contributed by atoms with Gasteiger partial charge in [-0.05, 0) is 46.2 Å². The molecule has 5 rings (SSSR count). The molecule has 0 aliphatic carbocycles. The summed E-state index contributed by atoms with van der Waals surface area (Å²) in [7, 11) is 1.87. The molecule has 0 N–H and O–H groups in total. The highest BCUT2D eigenvalue weighted by Gasteiger charge is 2.37. The number of benzene rings is 1. The molecule has 4 heterocycles. The van der Waals surface area contributed by atoms with E-state index in [0.717, 1.165) is 11.1 Å². The molecule has 2 fully saturated rings. The molecule has 2 amide bonds. The molecule has 3 atom stereocenters. The van der Waals surface area contributed by atoms with E-state index in [1.54, 1.807) is 9.80 Å². The largest absolute Gasteiger partial charge is 0.462 e. The van der Waals surface area contributed by atoms with Crippen molar-refractivity contribution in [2.45, 2.75) is 77.0 Å². The van der Waals surface area contributed by atoms with E-state index in [0.29, 0.717) is 57.1 Å². The van der Waals surface area contributed by atoms with Crippen molar-refractivity contribution in [2.75, 3.05) is 51.3 Å². The van der Waals surface area contributed by atoms with Crippen molar-refractivity contribution in [3.63, 3.8) is 0 Å². The van der Waals surface area contributed by atoms with Crippen molar-refractivity contribution < 1.29 is 28.2 Å². The fraction of sp³-hybridized carbons (Fsp3) is 0.594. The first kappa shape index (κ1) is 32.2. The Hall–Kier alpha value is -4.18. The molecule has 12 nitrogen and oxygen atoms in total. The van der Waals surface area contributed by atoms with Crippen LogP contribution in [0.25, 0.3) is 0 Å². The number of piperazine rings is 1. The first-order valence-electron chi connectivity index (χ1n) is 15.4. The van der Waals surface area contributed by atoms with Crippen LogP contribution < -0.4 is 9.64 Å². The number of fused-ring (bicyclic) bond motifs is 1. The van der Waals surface area contributed by atoms with Crippen molar-refractivity contribution in [3.8, 4) is 12.1 Å². The van der Waals surface area contributed by atoms with Gasteiger partial charge in [0.15, 0.2) is 0 Å². The standard InChI is InChI=1S/C32H42FN7O5/c1-32(2,3)45-31(42)40-15-14-38(18-24(40)10-12-34)28-26-11-13-39(30(41)44-20-22-8-6-5-7-9-22)19-27(26)35-29(36-28)43-21-25-16-23(33)17-37(25)4/h5-9,23-25H,10-11,13-21H2,1-4H3/t23-,24+,25-/m1/s1. The molecular formula is C32H42FN7O5. The summed E-state index contributed by atoms with van der Waals surface area (Å²) in [5, 5.41) is 9.58. The van der Waals surface area contributed by atoms with Gasteiger partial charge in [0.2, 0.25) is 0 Å². The number of ether oxygens (including phenoxy) is 3. The van der Waals surface area contributed by atoms with Gasteiger partial charge in [-0.1, -0.05) is 30.3 Å². The summed E-state index contributed by atoms with van der Waals surface area (Å²) >= 11 is 0. The highest BCUT2D eigenvalue weighted by Crippen LogP contribution is 2.31. The van der Waals surface area contributed by atoms with Gasteiger partial charge in [-0.3, -0.25) is 4.90 Å². The van der Waals surface area contributed by atoms with E-state index in [1.807, 2.05) is 63.1 Å². The van der Waals surface area contributed by atoms with E-state index < -0.39 is 30.0 Å². The van der Waals surface area contributed by atoms with Crippen molar-refractivity contribution >= 4 is 18.0 Å². The number of carbonyl (C=O) groups excluding carboxylic acids is 2. The first-order valence-corrected chi connectivity index (χ1v) is 15.4. The van der Waals surface area contributed by atoms with E-state index in [1.165, 1.54) is 0 Å². The predicted octanol–water partition coefficient (Wildman–Crippen LogP) is 3.93. The zero-order chi connectivity index (χ0) is 32.1. The lowest BCUT2D eigenvalue weighted by Gasteiger charge is -2.42. The van der Waals surface area contributed by atoms with E-state index in [-0.39, 0.29) is 38.2 Å². The van der Waals surface area contributed by atoms with Gasteiger partial charge in [-0.15, -0.1) is 0 Å². The summed E-state index contributed by atoms with van der Waals surface area (Å²) in [6, 6.07) is 11.3. The Balaban J connectivity index is 1.36. The number of nitrogens with zero attached hydrogens (tertiary/aromatic N) is 7.